The SMILES string of the molecule is COCCCOc1cc(C(=O)N(C(C)C)[C@@H]2CCCNC2)nc2c(OCC3CCCO3)cccc12. The summed E-state index contributed by atoms with van der Waals surface area (Å²) in [6.07, 6.45) is 4.94. The minimum atomic E-state index is -0.0775. The van der Waals surface area contributed by atoms with Crippen LogP contribution in [0.5, 0.6) is 11.5 Å². The number of carbonyl (C=O) groups excluding carboxylic acids is 1. The van der Waals surface area contributed by atoms with Crippen molar-refractivity contribution in [1.82, 2.24) is 15.2 Å². The molecular weight excluding hydrogens is 446 g/mol. The van der Waals surface area contributed by atoms with Gasteiger partial charge in [-0.15, -0.1) is 0 Å². The van der Waals surface area contributed by atoms with Crippen LogP contribution in [0, 0.1) is 0 Å². The quantitative estimate of drug-likeness (QED) is 0.485. The molecule has 1 aromatic carbocycles. The molecule has 2 aliphatic rings. The summed E-state index contributed by atoms with van der Waals surface area (Å²) < 4.78 is 23.2. The van der Waals surface area contributed by atoms with E-state index < -0.39 is 0 Å². The van der Waals surface area contributed by atoms with Crippen molar-refractivity contribution in [3.63, 3.8) is 0 Å². The Hall–Kier alpha value is -2.42. The smallest absolute Gasteiger partial charge is 0.273 e. The van der Waals surface area contributed by atoms with Gasteiger partial charge in [-0.1, -0.05) is 6.07 Å². The largest absolute Gasteiger partial charge is 0.493 e. The maximum Gasteiger partial charge on any atom is 0.273 e. The Kier molecular flexibility index (Phi) is 9.18. The molecule has 3 heterocycles. The van der Waals surface area contributed by atoms with E-state index in [1.165, 1.54) is 0 Å². The first-order chi connectivity index (χ1) is 17.1. The highest BCUT2D eigenvalue weighted by Gasteiger charge is 2.30. The minimum Gasteiger partial charge on any atom is -0.493 e. The second kappa shape index (κ2) is 12.5. The average Bonchev–Trinajstić information content (AvgIpc) is 3.39. The van der Waals surface area contributed by atoms with E-state index in [0.717, 1.165) is 57.2 Å². The molecule has 2 atom stereocenters. The maximum atomic E-state index is 13.8. The summed E-state index contributed by atoms with van der Waals surface area (Å²) in [4.78, 5) is 20.6. The fourth-order valence-electron chi connectivity index (χ4n) is 4.91. The molecule has 2 aliphatic heterocycles. The maximum absolute atomic E-state index is 13.8. The molecule has 1 amide bonds. The van der Waals surface area contributed by atoms with Gasteiger partial charge in [-0.3, -0.25) is 4.79 Å². The minimum absolute atomic E-state index is 0.0574. The first-order valence-corrected chi connectivity index (χ1v) is 12.9. The highest BCUT2D eigenvalue weighted by Crippen LogP contribution is 2.33. The molecule has 1 N–H and O–H groups in total. The van der Waals surface area contributed by atoms with Gasteiger partial charge in [0.2, 0.25) is 0 Å². The van der Waals surface area contributed by atoms with Crippen LogP contribution in [0.4, 0.5) is 0 Å². The highest BCUT2D eigenvalue weighted by atomic mass is 16.5. The molecule has 0 spiro atoms. The van der Waals surface area contributed by atoms with Gasteiger partial charge in [0.25, 0.3) is 5.91 Å². The molecule has 2 aromatic rings. The summed E-state index contributed by atoms with van der Waals surface area (Å²) in [6, 6.07) is 7.79. The van der Waals surface area contributed by atoms with Crippen molar-refractivity contribution in [1.29, 1.82) is 0 Å². The standard InChI is InChI=1S/C27H39N3O5/c1-19(2)30(20-8-5-12-28-17-20)27(31)23-16-25(34-15-7-13-32-3)22-10-4-11-24(26(22)29-23)35-18-21-9-6-14-33-21/h4,10-11,16,19-21,28H,5-9,12-15,17-18H2,1-3H3/t20-,21?/m1/s1. The third-order valence-electron chi connectivity index (χ3n) is 6.64. The molecule has 2 saturated heterocycles. The van der Waals surface area contributed by atoms with E-state index in [1.807, 2.05) is 23.1 Å². The first kappa shape index (κ1) is 25.7. The molecular formula is C27H39N3O5. The van der Waals surface area contributed by atoms with Crippen molar-refractivity contribution in [2.45, 2.75) is 64.1 Å². The Balaban J connectivity index is 1.67. The predicted octanol–water partition coefficient (Wildman–Crippen LogP) is 3.81. The topological polar surface area (TPSA) is 82.2 Å². The predicted molar refractivity (Wildman–Crippen MR) is 135 cm³/mol. The number of fused-ring (bicyclic) bond motifs is 1. The molecule has 192 valence electrons. The number of aromatic nitrogens is 1. The van der Waals surface area contributed by atoms with E-state index in [0.29, 0.717) is 42.5 Å². The summed E-state index contributed by atoms with van der Waals surface area (Å²) in [5.41, 5.74) is 1.02. The molecule has 8 nitrogen and oxygen atoms in total. The number of carbonyl (C=O) groups is 1. The van der Waals surface area contributed by atoms with E-state index in [9.17, 15) is 4.79 Å². The normalized spacial score (nSPS) is 20.3. The lowest BCUT2D eigenvalue weighted by Crippen LogP contribution is -2.51. The second-order valence-corrected chi connectivity index (χ2v) is 9.61. The van der Waals surface area contributed by atoms with Crippen LogP contribution in [0.3, 0.4) is 0 Å². The fourth-order valence-corrected chi connectivity index (χ4v) is 4.91. The Morgan fingerprint density at radius 1 is 1.20 bits per heavy atom. The van der Waals surface area contributed by atoms with Gasteiger partial charge in [0.05, 0.1) is 12.7 Å². The molecule has 0 bridgehead atoms. The fraction of sp³-hybridized carbons (Fsp3) is 0.630. The average molecular weight is 486 g/mol. The van der Waals surface area contributed by atoms with Gasteiger partial charge < -0.3 is 29.2 Å². The number of amides is 1. The Labute approximate surface area is 208 Å². The molecule has 1 unspecified atom stereocenters. The number of methoxy groups -OCH3 is 1. The van der Waals surface area contributed by atoms with Crippen LogP contribution in [0.25, 0.3) is 10.9 Å². The van der Waals surface area contributed by atoms with Gasteiger partial charge in [0, 0.05) is 56.8 Å². The summed E-state index contributed by atoms with van der Waals surface area (Å²) >= 11 is 0. The van der Waals surface area contributed by atoms with Gasteiger partial charge in [0.15, 0.2) is 0 Å². The summed E-state index contributed by atoms with van der Waals surface area (Å²) in [5.74, 6) is 1.21. The van der Waals surface area contributed by atoms with Crippen molar-refractivity contribution < 1.29 is 23.7 Å². The van der Waals surface area contributed by atoms with Crippen LogP contribution in [-0.2, 0) is 9.47 Å². The second-order valence-electron chi connectivity index (χ2n) is 9.61. The van der Waals surface area contributed by atoms with Gasteiger partial charge in [0.1, 0.15) is 29.3 Å². The van der Waals surface area contributed by atoms with Crippen LogP contribution in [-0.4, -0.2) is 80.6 Å². The van der Waals surface area contributed by atoms with Gasteiger partial charge >= 0.3 is 0 Å². The Morgan fingerprint density at radius 2 is 2.09 bits per heavy atom. The molecule has 8 heteroatoms. The monoisotopic (exact) mass is 485 g/mol. The van der Waals surface area contributed by atoms with E-state index in [-0.39, 0.29) is 24.1 Å². The lowest BCUT2D eigenvalue weighted by atomic mass is 10.0. The molecule has 0 saturated carbocycles. The third kappa shape index (κ3) is 6.42. The number of hydrogen-bond acceptors (Lipinski definition) is 7. The number of nitrogens with zero attached hydrogens (tertiary/aromatic N) is 2. The van der Waals surface area contributed by atoms with Gasteiger partial charge in [-0.25, -0.2) is 4.98 Å². The summed E-state index contributed by atoms with van der Waals surface area (Å²) in [5, 5.41) is 4.26. The van der Waals surface area contributed by atoms with Crippen molar-refractivity contribution in [2.75, 3.05) is 46.6 Å². The Morgan fingerprint density at radius 3 is 2.80 bits per heavy atom. The van der Waals surface area contributed by atoms with Crippen LogP contribution in [0.15, 0.2) is 24.3 Å². The van der Waals surface area contributed by atoms with Gasteiger partial charge in [-0.05, 0) is 58.2 Å². The highest BCUT2D eigenvalue weighted by molar-refractivity contribution is 5.98. The zero-order chi connectivity index (χ0) is 24.6. The molecule has 2 fully saturated rings. The zero-order valence-corrected chi connectivity index (χ0v) is 21.3. The third-order valence-corrected chi connectivity index (χ3v) is 6.64. The number of para-hydroxylation sites is 1. The lowest BCUT2D eigenvalue weighted by molar-refractivity contribution is 0.0567. The number of pyridine rings is 1. The van der Waals surface area contributed by atoms with Crippen LogP contribution in [0.2, 0.25) is 0 Å². The van der Waals surface area contributed by atoms with Crippen molar-refractivity contribution in [3.05, 3.63) is 30.0 Å². The first-order valence-electron chi connectivity index (χ1n) is 12.9. The number of ether oxygens (including phenoxy) is 4. The number of piperidine rings is 1. The van der Waals surface area contributed by atoms with Crippen LogP contribution in [0.1, 0.15) is 56.4 Å². The summed E-state index contributed by atoms with van der Waals surface area (Å²) in [6.45, 7) is 8.26. The molecule has 0 aliphatic carbocycles. The zero-order valence-electron chi connectivity index (χ0n) is 21.3. The van der Waals surface area contributed by atoms with E-state index in [1.54, 1.807) is 13.2 Å². The van der Waals surface area contributed by atoms with E-state index in [2.05, 4.69) is 19.2 Å². The molecule has 4 rings (SSSR count). The number of nitrogens with one attached hydrogen (secondary N) is 1. The van der Waals surface area contributed by atoms with Crippen molar-refractivity contribution in [2.24, 2.45) is 0 Å². The van der Waals surface area contributed by atoms with Crippen molar-refractivity contribution in [3.8, 4) is 11.5 Å². The Bertz CT molecular complexity index is 971. The number of benzene rings is 1. The lowest BCUT2D eigenvalue weighted by Gasteiger charge is -2.37. The van der Waals surface area contributed by atoms with Crippen LogP contribution < -0.4 is 14.8 Å². The van der Waals surface area contributed by atoms with Crippen molar-refractivity contribution >= 4 is 16.8 Å². The van der Waals surface area contributed by atoms with Crippen LogP contribution >= 0.6 is 0 Å². The number of hydrogen-bond donors (Lipinski definition) is 1. The van der Waals surface area contributed by atoms with Gasteiger partial charge in [-0.2, -0.15) is 0 Å². The molecule has 1 aromatic heterocycles. The van der Waals surface area contributed by atoms with E-state index >= 15 is 0 Å². The number of rotatable bonds is 11. The molecule has 35 heavy (non-hydrogen) atoms. The summed E-state index contributed by atoms with van der Waals surface area (Å²) in [7, 11) is 1.68. The molecule has 0 radical (unpaired) electrons. The van der Waals surface area contributed by atoms with E-state index in [4.69, 9.17) is 23.9 Å².